The Balaban J connectivity index is 1.40. The van der Waals surface area contributed by atoms with Gasteiger partial charge in [-0.15, -0.1) is 0 Å². The highest BCUT2D eigenvalue weighted by atomic mass is 16.5. The lowest BCUT2D eigenvalue weighted by atomic mass is 10.1. The van der Waals surface area contributed by atoms with Gasteiger partial charge in [-0.1, -0.05) is 24.3 Å². The van der Waals surface area contributed by atoms with E-state index in [1.165, 1.54) is 24.0 Å². The number of nitrogens with one attached hydrogen (secondary N) is 1. The van der Waals surface area contributed by atoms with Crippen LogP contribution in [0.25, 0.3) is 0 Å². The zero-order chi connectivity index (χ0) is 13.1. The van der Waals surface area contributed by atoms with E-state index in [-0.39, 0.29) is 0 Å². The van der Waals surface area contributed by atoms with Gasteiger partial charge in [0.15, 0.2) is 0 Å². The minimum Gasteiger partial charge on any atom is -0.377 e. The Morgan fingerprint density at radius 1 is 1.32 bits per heavy atom. The maximum absolute atomic E-state index is 5.71. The molecule has 0 aliphatic carbocycles. The molecule has 2 unspecified atom stereocenters. The smallest absolute Gasteiger partial charge is 0.0726 e. The van der Waals surface area contributed by atoms with E-state index in [0.29, 0.717) is 12.1 Å². The Kier molecular flexibility index (Phi) is 4.16. The fraction of sp³-hybridized carbons (Fsp3) is 0.625. The first-order valence-electron chi connectivity index (χ1n) is 7.47. The normalized spacial score (nSPS) is 24.6. The molecule has 2 aliphatic rings. The van der Waals surface area contributed by atoms with Crippen LogP contribution >= 0.6 is 0 Å². The Morgan fingerprint density at radius 2 is 2.05 bits per heavy atom. The van der Waals surface area contributed by atoms with Crippen LogP contribution in [0.3, 0.4) is 0 Å². The van der Waals surface area contributed by atoms with Gasteiger partial charge >= 0.3 is 0 Å². The lowest BCUT2D eigenvalue weighted by Gasteiger charge is -2.22. The largest absolute Gasteiger partial charge is 0.377 e. The molecule has 1 aromatic carbocycles. The first kappa shape index (κ1) is 13.1. The van der Waals surface area contributed by atoms with Crippen LogP contribution < -0.4 is 5.32 Å². The summed E-state index contributed by atoms with van der Waals surface area (Å²) >= 11 is 0. The maximum atomic E-state index is 5.71. The predicted octanol–water partition coefficient (Wildman–Crippen LogP) is 2.16. The molecule has 0 radical (unpaired) electrons. The second-order valence-corrected chi connectivity index (χ2v) is 5.77. The molecule has 3 heteroatoms. The fourth-order valence-corrected chi connectivity index (χ4v) is 3.14. The van der Waals surface area contributed by atoms with E-state index in [1.807, 2.05) is 0 Å². The second-order valence-electron chi connectivity index (χ2n) is 5.77. The van der Waals surface area contributed by atoms with E-state index in [4.69, 9.17) is 4.74 Å². The minimum absolute atomic E-state index is 0.427. The molecule has 19 heavy (non-hydrogen) atoms. The standard InChI is InChI=1S/C16H24N2O/c1-13(16-7-4-10-19-16)17-8-9-18-11-14-5-2-3-6-15(14)12-18/h2-3,5-6,13,16-17H,4,7-12H2,1H3. The molecule has 0 bridgehead atoms. The Labute approximate surface area is 115 Å². The van der Waals surface area contributed by atoms with Crippen LogP contribution in [0, 0.1) is 0 Å². The van der Waals surface area contributed by atoms with E-state index in [1.54, 1.807) is 0 Å². The van der Waals surface area contributed by atoms with Crippen molar-refractivity contribution in [2.75, 3.05) is 19.7 Å². The average molecular weight is 260 g/mol. The Morgan fingerprint density at radius 3 is 2.68 bits per heavy atom. The van der Waals surface area contributed by atoms with Crippen LogP contribution in [0.2, 0.25) is 0 Å². The van der Waals surface area contributed by atoms with Gasteiger partial charge in [-0.25, -0.2) is 0 Å². The average Bonchev–Trinajstić information content (AvgIpc) is 3.07. The van der Waals surface area contributed by atoms with Gasteiger partial charge in [-0.2, -0.15) is 0 Å². The molecule has 0 aromatic heterocycles. The van der Waals surface area contributed by atoms with Gasteiger partial charge in [-0.3, -0.25) is 4.90 Å². The Bertz CT molecular complexity index is 390. The summed E-state index contributed by atoms with van der Waals surface area (Å²) in [6.45, 7) is 7.56. The van der Waals surface area contributed by atoms with Crippen molar-refractivity contribution in [3.63, 3.8) is 0 Å². The highest BCUT2D eigenvalue weighted by Gasteiger charge is 2.22. The highest BCUT2D eigenvalue weighted by molar-refractivity contribution is 5.30. The molecule has 1 saturated heterocycles. The summed E-state index contributed by atoms with van der Waals surface area (Å²) in [6, 6.07) is 9.25. The SMILES string of the molecule is CC(NCCN1Cc2ccccc2C1)C1CCCO1. The second kappa shape index (κ2) is 6.04. The summed E-state index contributed by atoms with van der Waals surface area (Å²) in [5, 5.41) is 3.61. The molecular formula is C16H24N2O. The van der Waals surface area contributed by atoms with Gasteiger partial charge in [0.1, 0.15) is 0 Å². The number of hydrogen-bond donors (Lipinski definition) is 1. The summed E-state index contributed by atoms with van der Waals surface area (Å²) in [5.41, 5.74) is 2.99. The van der Waals surface area contributed by atoms with Crippen LogP contribution in [-0.4, -0.2) is 36.7 Å². The summed E-state index contributed by atoms with van der Waals surface area (Å²) in [4.78, 5) is 2.51. The summed E-state index contributed by atoms with van der Waals surface area (Å²) < 4.78 is 5.71. The molecule has 1 fully saturated rings. The molecule has 104 valence electrons. The molecule has 2 heterocycles. The zero-order valence-corrected chi connectivity index (χ0v) is 11.8. The van der Waals surface area contributed by atoms with Crippen LogP contribution in [0.1, 0.15) is 30.9 Å². The predicted molar refractivity (Wildman–Crippen MR) is 77.0 cm³/mol. The van der Waals surface area contributed by atoms with Crippen molar-refractivity contribution >= 4 is 0 Å². The van der Waals surface area contributed by atoms with Crippen molar-refractivity contribution in [2.24, 2.45) is 0 Å². The molecule has 3 rings (SSSR count). The molecule has 1 N–H and O–H groups in total. The molecule has 3 nitrogen and oxygen atoms in total. The van der Waals surface area contributed by atoms with Crippen molar-refractivity contribution < 1.29 is 4.74 Å². The highest BCUT2D eigenvalue weighted by Crippen LogP contribution is 2.21. The third-order valence-electron chi connectivity index (χ3n) is 4.32. The quantitative estimate of drug-likeness (QED) is 0.878. The zero-order valence-electron chi connectivity index (χ0n) is 11.8. The lowest BCUT2D eigenvalue weighted by Crippen LogP contribution is -2.40. The van der Waals surface area contributed by atoms with Crippen LogP contribution in [0.15, 0.2) is 24.3 Å². The van der Waals surface area contributed by atoms with Crippen molar-refractivity contribution in [3.05, 3.63) is 35.4 Å². The van der Waals surface area contributed by atoms with Gasteiger partial charge < -0.3 is 10.1 Å². The van der Waals surface area contributed by atoms with Crippen molar-refractivity contribution in [2.45, 2.75) is 45.0 Å². The van der Waals surface area contributed by atoms with Crippen LogP contribution in [0.4, 0.5) is 0 Å². The topological polar surface area (TPSA) is 24.5 Å². The van der Waals surface area contributed by atoms with Crippen LogP contribution in [0.5, 0.6) is 0 Å². The molecular weight excluding hydrogens is 236 g/mol. The minimum atomic E-state index is 0.427. The van der Waals surface area contributed by atoms with Crippen molar-refractivity contribution in [1.29, 1.82) is 0 Å². The first-order chi connectivity index (χ1) is 9.33. The van der Waals surface area contributed by atoms with Gasteiger partial charge in [0, 0.05) is 38.8 Å². The number of nitrogens with zero attached hydrogens (tertiary/aromatic N) is 1. The molecule has 0 saturated carbocycles. The molecule has 2 aliphatic heterocycles. The van der Waals surface area contributed by atoms with Gasteiger partial charge in [0.2, 0.25) is 0 Å². The van der Waals surface area contributed by atoms with Crippen molar-refractivity contribution in [3.8, 4) is 0 Å². The number of rotatable bonds is 5. The number of hydrogen-bond acceptors (Lipinski definition) is 3. The monoisotopic (exact) mass is 260 g/mol. The third-order valence-corrected chi connectivity index (χ3v) is 4.32. The van der Waals surface area contributed by atoms with E-state index in [9.17, 15) is 0 Å². The number of fused-ring (bicyclic) bond motifs is 1. The fourth-order valence-electron chi connectivity index (χ4n) is 3.14. The molecule has 1 aromatic rings. The summed E-state index contributed by atoms with van der Waals surface area (Å²) in [6.07, 6.45) is 2.86. The van der Waals surface area contributed by atoms with Gasteiger partial charge in [0.25, 0.3) is 0 Å². The van der Waals surface area contributed by atoms with Gasteiger partial charge in [0.05, 0.1) is 6.10 Å². The third kappa shape index (κ3) is 3.16. The number of ether oxygens (including phenoxy) is 1. The van der Waals surface area contributed by atoms with Crippen molar-refractivity contribution in [1.82, 2.24) is 10.2 Å². The van der Waals surface area contributed by atoms with E-state index >= 15 is 0 Å². The van der Waals surface area contributed by atoms with E-state index in [2.05, 4.69) is 41.4 Å². The van der Waals surface area contributed by atoms with E-state index in [0.717, 1.165) is 32.8 Å². The van der Waals surface area contributed by atoms with Gasteiger partial charge in [-0.05, 0) is 30.9 Å². The van der Waals surface area contributed by atoms with Crippen LogP contribution in [-0.2, 0) is 17.8 Å². The van der Waals surface area contributed by atoms with E-state index < -0.39 is 0 Å². The Hall–Kier alpha value is -0.900. The number of benzene rings is 1. The molecule has 0 spiro atoms. The molecule has 2 atom stereocenters. The molecule has 0 amide bonds. The summed E-state index contributed by atoms with van der Waals surface area (Å²) in [7, 11) is 0. The lowest BCUT2D eigenvalue weighted by molar-refractivity contribution is 0.0826. The summed E-state index contributed by atoms with van der Waals surface area (Å²) in [5.74, 6) is 0. The first-order valence-corrected chi connectivity index (χ1v) is 7.47. The maximum Gasteiger partial charge on any atom is 0.0726 e.